The number of hydrogen-bond donors (Lipinski definition) is 0. The summed E-state index contributed by atoms with van der Waals surface area (Å²) in [5.74, 6) is -0.188. The zero-order chi connectivity index (χ0) is 12.9. The van der Waals surface area contributed by atoms with Crippen molar-refractivity contribution in [2.45, 2.75) is 24.9 Å². The molecule has 2 aromatic rings. The molecule has 19 heavy (non-hydrogen) atoms. The van der Waals surface area contributed by atoms with Crippen molar-refractivity contribution in [3.8, 4) is 0 Å². The van der Waals surface area contributed by atoms with Crippen LogP contribution in [0.25, 0.3) is 0 Å². The Morgan fingerprint density at radius 1 is 0.947 bits per heavy atom. The van der Waals surface area contributed by atoms with E-state index in [0.29, 0.717) is 0 Å². The number of fused-ring (bicyclic) bond motifs is 4. The van der Waals surface area contributed by atoms with Crippen LogP contribution in [-0.2, 0) is 16.8 Å². The molecule has 0 bridgehead atoms. The van der Waals surface area contributed by atoms with E-state index in [9.17, 15) is 4.79 Å². The molecule has 2 nitrogen and oxygen atoms in total. The van der Waals surface area contributed by atoms with Gasteiger partial charge in [-0.3, -0.25) is 0 Å². The molecule has 94 valence electrons. The Kier molecular flexibility index (Phi) is 2.10. The van der Waals surface area contributed by atoms with Gasteiger partial charge in [0.05, 0.1) is 5.56 Å². The van der Waals surface area contributed by atoms with Crippen molar-refractivity contribution < 1.29 is 9.53 Å². The molecular formula is C17H14O2. The van der Waals surface area contributed by atoms with Crippen molar-refractivity contribution in [2.75, 3.05) is 0 Å². The molecule has 0 saturated carbocycles. The number of esters is 1. The highest BCUT2D eigenvalue weighted by atomic mass is 16.6. The van der Waals surface area contributed by atoms with Crippen LogP contribution in [0.5, 0.6) is 0 Å². The lowest BCUT2D eigenvalue weighted by molar-refractivity contribution is 0.00374. The standard InChI is InChI=1S/C17H14O2/c18-16-13-8-2-4-10-15(13)17(19-16)11-5-7-12-6-1-3-9-14(12)17/h1-4,6,8-10H,5,7,11H2. The highest BCUT2D eigenvalue weighted by Gasteiger charge is 2.48. The minimum Gasteiger partial charge on any atom is -0.446 e. The summed E-state index contributed by atoms with van der Waals surface area (Å²) in [4.78, 5) is 12.1. The van der Waals surface area contributed by atoms with Crippen LogP contribution in [0.2, 0.25) is 0 Å². The van der Waals surface area contributed by atoms with Crippen molar-refractivity contribution in [1.29, 1.82) is 0 Å². The van der Waals surface area contributed by atoms with E-state index < -0.39 is 5.60 Å². The number of carbonyl (C=O) groups is 1. The molecule has 1 spiro atoms. The molecule has 1 heterocycles. The number of ether oxygens (including phenoxy) is 1. The maximum absolute atomic E-state index is 12.1. The first kappa shape index (κ1) is 10.8. The quantitative estimate of drug-likeness (QED) is 0.669. The van der Waals surface area contributed by atoms with Gasteiger partial charge in [0, 0.05) is 11.1 Å². The van der Waals surface area contributed by atoms with Crippen LogP contribution in [0.4, 0.5) is 0 Å². The molecule has 2 heteroatoms. The third kappa shape index (κ3) is 1.34. The summed E-state index contributed by atoms with van der Waals surface area (Å²) in [6, 6.07) is 16.1. The molecular weight excluding hydrogens is 236 g/mol. The van der Waals surface area contributed by atoms with E-state index >= 15 is 0 Å². The van der Waals surface area contributed by atoms with Crippen molar-refractivity contribution in [3.05, 3.63) is 70.8 Å². The first-order valence-electron chi connectivity index (χ1n) is 6.72. The van der Waals surface area contributed by atoms with E-state index in [-0.39, 0.29) is 5.97 Å². The van der Waals surface area contributed by atoms with Crippen LogP contribution < -0.4 is 0 Å². The van der Waals surface area contributed by atoms with Crippen LogP contribution in [0, 0.1) is 0 Å². The first-order valence-corrected chi connectivity index (χ1v) is 6.72. The number of benzene rings is 2. The first-order chi connectivity index (χ1) is 9.31. The second-order valence-corrected chi connectivity index (χ2v) is 5.27. The summed E-state index contributed by atoms with van der Waals surface area (Å²) in [5, 5.41) is 0. The second-order valence-electron chi connectivity index (χ2n) is 5.27. The Bertz CT molecular complexity index is 674. The van der Waals surface area contributed by atoms with Crippen LogP contribution in [0.3, 0.4) is 0 Å². The Balaban J connectivity index is 2.01. The van der Waals surface area contributed by atoms with Gasteiger partial charge in [0.15, 0.2) is 5.60 Å². The van der Waals surface area contributed by atoms with E-state index in [2.05, 4.69) is 18.2 Å². The van der Waals surface area contributed by atoms with Gasteiger partial charge in [-0.05, 0) is 30.9 Å². The zero-order valence-electron chi connectivity index (χ0n) is 10.6. The number of hydrogen-bond acceptors (Lipinski definition) is 2. The van der Waals surface area contributed by atoms with Gasteiger partial charge in [-0.2, -0.15) is 0 Å². The largest absolute Gasteiger partial charge is 0.446 e. The highest BCUT2D eigenvalue weighted by molar-refractivity contribution is 5.95. The smallest absolute Gasteiger partial charge is 0.339 e. The van der Waals surface area contributed by atoms with Crippen LogP contribution in [-0.4, -0.2) is 5.97 Å². The van der Waals surface area contributed by atoms with E-state index in [4.69, 9.17) is 4.74 Å². The van der Waals surface area contributed by atoms with Crippen molar-refractivity contribution >= 4 is 5.97 Å². The van der Waals surface area contributed by atoms with Crippen molar-refractivity contribution in [3.63, 3.8) is 0 Å². The highest BCUT2D eigenvalue weighted by Crippen LogP contribution is 2.48. The molecule has 1 aliphatic carbocycles. The minimum atomic E-state index is -0.539. The van der Waals surface area contributed by atoms with Gasteiger partial charge in [0.25, 0.3) is 0 Å². The Labute approximate surface area is 112 Å². The fraction of sp³-hybridized carbons (Fsp3) is 0.235. The molecule has 1 unspecified atom stereocenters. The lowest BCUT2D eigenvalue weighted by atomic mass is 9.75. The van der Waals surface area contributed by atoms with Gasteiger partial charge in [0.1, 0.15) is 0 Å². The summed E-state index contributed by atoms with van der Waals surface area (Å²) in [6.07, 6.45) is 3.00. The monoisotopic (exact) mass is 250 g/mol. The third-order valence-electron chi connectivity index (χ3n) is 4.28. The summed E-state index contributed by atoms with van der Waals surface area (Å²) >= 11 is 0. The minimum absolute atomic E-state index is 0.188. The summed E-state index contributed by atoms with van der Waals surface area (Å²) < 4.78 is 5.85. The van der Waals surface area contributed by atoms with Gasteiger partial charge in [0.2, 0.25) is 0 Å². The van der Waals surface area contributed by atoms with Gasteiger partial charge in [-0.1, -0.05) is 42.5 Å². The molecule has 4 rings (SSSR count). The number of aryl methyl sites for hydroxylation is 1. The average Bonchev–Trinajstić information content (AvgIpc) is 2.74. The Hall–Kier alpha value is -2.09. The molecule has 2 aliphatic rings. The van der Waals surface area contributed by atoms with Crippen molar-refractivity contribution in [1.82, 2.24) is 0 Å². The normalized spacial score (nSPS) is 23.9. The van der Waals surface area contributed by atoms with Crippen molar-refractivity contribution in [2.24, 2.45) is 0 Å². The molecule has 0 amide bonds. The summed E-state index contributed by atoms with van der Waals surface area (Å²) in [6.45, 7) is 0. The van der Waals surface area contributed by atoms with Crippen LogP contribution >= 0.6 is 0 Å². The van der Waals surface area contributed by atoms with E-state index in [1.54, 1.807) is 0 Å². The van der Waals surface area contributed by atoms with Gasteiger partial charge in [-0.25, -0.2) is 4.79 Å². The third-order valence-corrected chi connectivity index (χ3v) is 4.28. The molecule has 0 saturated heterocycles. The summed E-state index contributed by atoms with van der Waals surface area (Å²) in [7, 11) is 0. The van der Waals surface area contributed by atoms with E-state index in [1.165, 1.54) is 11.1 Å². The lowest BCUT2D eigenvalue weighted by Crippen LogP contribution is -2.32. The SMILES string of the molecule is O=C1OC2(CCCc3ccccc32)c2ccccc21. The molecule has 0 fully saturated rings. The van der Waals surface area contributed by atoms with E-state index in [0.717, 1.165) is 30.4 Å². The van der Waals surface area contributed by atoms with Crippen LogP contribution in [0.15, 0.2) is 48.5 Å². The predicted octanol–water partition coefficient (Wildman–Crippen LogP) is 3.44. The average molecular weight is 250 g/mol. The fourth-order valence-corrected chi connectivity index (χ4v) is 3.46. The zero-order valence-corrected chi connectivity index (χ0v) is 10.6. The Morgan fingerprint density at radius 2 is 1.68 bits per heavy atom. The molecule has 0 N–H and O–H groups in total. The topological polar surface area (TPSA) is 26.3 Å². The van der Waals surface area contributed by atoms with Gasteiger partial charge < -0.3 is 4.74 Å². The van der Waals surface area contributed by atoms with Crippen LogP contribution in [0.1, 0.15) is 39.9 Å². The Morgan fingerprint density at radius 3 is 2.58 bits per heavy atom. The molecule has 1 atom stereocenters. The maximum atomic E-state index is 12.1. The molecule has 0 aromatic heterocycles. The fourth-order valence-electron chi connectivity index (χ4n) is 3.46. The maximum Gasteiger partial charge on any atom is 0.339 e. The summed E-state index contributed by atoms with van der Waals surface area (Å²) in [5.41, 5.74) is 3.69. The molecule has 1 aliphatic heterocycles. The number of rotatable bonds is 0. The van der Waals surface area contributed by atoms with Gasteiger partial charge >= 0.3 is 5.97 Å². The molecule has 0 radical (unpaired) electrons. The molecule has 2 aromatic carbocycles. The van der Waals surface area contributed by atoms with E-state index in [1.807, 2.05) is 30.3 Å². The van der Waals surface area contributed by atoms with Gasteiger partial charge in [-0.15, -0.1) is 0 Å². The lowest BCUT2D eigenvalue weighted by Gasteiger charge is -2.35. The second kappa shape index (κ2) is 3.70. The predicted molar refractivity (Wildman–Crippen MR) is 72.0 cm³/mol. The number of carbonyl (C=O) groups excluding carboxylic acids is 1.